The maximum atomic E-state index is 13.5. The summed E-state index contributed by atoms with van der Waals surface area (Å²) in [6.45, 7) is 0.663. The van der Waals surface area contributed by atoms with Gasteiger partial charge in [0.1, 0.15) is 11.6 Å². The van der Waals surface area contributed by atoms with E-state index in [1.807, 2.05) is 13.1 Å². The van der Waals surface area contributed by atoms with Crippen LogP contribution in [0, 0.1) is 11.6 Å². The molecule has 4 heteroatoms. The summed E-state index contributed by atoms with van der Waals surface area (Å²) in [5, 5.41) is 3.22. The average molecular weight is 296 g/mol. The van der Waals surface area contributed by atoms with E-state index in [1.165, 1.54) is 18.2 Å². The Morgan fingerprint density at radius 1 is 1.15 bits per heavy atom. The number of hydrogen-bond donors (Lipinski definition) is 1. The lowest BCUT2D eigenvalue weighted by Gasteiger charge is -2.18. The molecule has 1 unspecified atom stereocenters. The van der Waals surface area contributed by atoms with Gasteiger partial charge in [0.2, 0.25) is 0 Å². The Hall–Kier alpha value is -1.45. The molecule has 2 aromatic carbocycles. The molecule has 0 amide bonds. The standard InChI is InChI=1S/C16H16ClF2N/c1-20-10-13(11-4-2-6-14(18)9-11)8-12-5-3-7-15(19)16(12)17/h2-7,9,13,20H,8,10H2,1H3. The number of hydrogen-bond acceptors (Lipinski definition) is 1. The second kappa shape index (κ2) is 6.82. The van der Waals surface area contributed by atoms with Crippen LogP contribution in [0.3, 0.4) is 0 Å². The Bertz CT molecular complexity index is 586. The lowest BCUT2D eigenvalue weighted by Crippen LogP contribution is -2.19. The van der Waals surface area contributed by atoms with Crippen LogP contribution in [0.25, 0.3) is 0 Å². The Kier molecular flexibility index (Phi) is 5.10. The molecule has 1 N–H and O–H groups in total. The van der Waals surface area contributed by atoms with E-state index in [0.717, 1.165) is 11.1 Å². The zero-order chi connectivity index (χ0) is 14.5. The van der Waals surface area contributed by atoms with Crippen molar-refractivity contribution in [3.8, 4) is 0 Å². The van der Waals surface area contributed by atoms with Gasteiger partial charge in [0, 0.05) is 12.5 Å². The van der Waals surface area contributed by atoms with Gasteiger partial charge in [0.05, 0.1) is 5.02 Å². The number of nitrogens with one attached hydrogen (secondary N) is 1. The smallest absolute Gasteiger partial charge is 0.142 e. The SMILES string of the molecule is CNCC(Cc1cccc(F)c1Cl)c1cccc(F)c1. The molecule has 0 fully saturated rings. The Balaban J connectivity index is 2.28. The molecule has 0 bridgehead atoms. The van der Waals surface area contributed by atoms with Crippen molar-refractivity contribution in [2.24, 2.45) is 0 Å². The highest BCUT2D eigenvalue weighted by atomic mass is 35.5. The van der Waals surface area contributed by atoms with Gasteiger partial charge in [-0.15, -0.1) is 0 Å². The normalized spacial score (nSPS) is 12.4. The van der Waals surface area contributed by atoms with Crippen molar-refractivity contribution in [3.63, 3.8) is 0 Å². The molecule has 0 aliphatic rings. The van der Waals surface area contributed by atoms with Crippen LogP contribution >= 0.6 is 11.6 Å². The average Bonchev–Trinajstić information content (AvgIpc) is 2.43. The molecule has 0 spiro atoms. The van der Waals surface area contributed by atoms with Crippen LogP contribution in [0.15, 0.2) is 42.5 Å². The number of rotatable bonds is 5. The van der Waals surface area contributed by atoms with E-state index in [9.17, 15) is 8.78 Å². The van der Waals surface area contributed by atoms with Gasteiger partial charge in [-0.3, -0.25) is 0 Å². The van der Waals surface area contributed by atoms with Gasteiger partial charge in [-0.1, -0.05) is 35.9 Å². The summed E-state index contributed by atoms with van der Waals surface area (Å²) < 4.78 is 26.8. The van der Waals surface area contributed by atoms with E-state index in [2.05, 4.69) is 5.32 Å². The zero-order valence-corrected chi connectivity index (χ0v) is 11.9. The zero-order valence-electron chi connectivity index (χ0n) is 11.2. The molecule has 2 aromatic rings. The molecule has 2 rings (SSSR count). The van der Waals surface area contributed by atoms with Crippen LogP contribution in [-0.2, 0) is 6.42 Å². The topological polar surface area (TPSA) is 12.0 Å². The third kappa shape index (κ3) is 3.56. The van der Waals surface area contributed by atoms with Crippen LogP contribution < -0.4 is 5.32 Å². The monoisotopic (exact) mass is 295 g/mol. The molecule has 0 heterocycles. The van der Waals surface area contributed by atoms with Crippen molar-refractivity contribution in [2.75, 3.05) is 13.6 Å². The van der Waals surface area contributed by atoms with E-state index >= 15 is 0 Å². The molecule has 0 aliphatic carbocycles. The predicted molar refractivity (Wildman–Crippen MR) is 78.2 cm³/mol. The summed E-state index contributed by atoms with van der Waals surface area (Å²) in [6.07, 6.45) is 0.556. The lowest BCUT2D eigenvalue weighted by atomic mass is 9.91. The fraction of sp³-hybridized carbons (Fsp3) is 0.250. The molecular weight excluding hydrogens is 280 g/mol. The van der Waals surface area contributed by atoms with Crippen LogP contribution in [-0.4, -0.2) is 13.6 Å². The fourth-order valence-electron chi connectivity index (χ4n) is 2.29. The summed E-state index contributed by atoms with van der Waals surface area (Å²) >= 11 is 5.99. The quantitative estimate of drug-likeness (QED) is 0.873. The molecule has 20 heavy (non-hydrogen) atoms. The molecule has 106 valence electrons. The fourth-order valence-corrected chi connectivity index (χ4v) is 2.49. The van der Waals surface area contributed by atoms with Gasteiger partial charge < -0.3 is 5.32 Å². The van der Waals surface area contributed by atoms with Crippen LogP contribution in [0.5, 0.6) is 0 Å². The Morgan fingerprint density at radius 3 is 2.60 bits per heavy atom. The van der Waals surface area contributed by atoms with Crippen molar-refractivity contribution in [1.82, 2.24) is 5.32 Å². The summed E-state index contributed by atoms with van der Waals surface area (Å²) in [6, 6.07) is 11.2. The summed E-state index contributed by atoms with van der Waals surface area (Å²) in [5.74, 6) is -0.657. The van der Waals surface area contributed by atoms with Gasteiger partial charge in [-0.2, -0.15) is 0 Å². The third-order valence-electron chi connectivity index (χ3n) is 3.27. The number of likely N-dealkylation sites (N-methyl/N-ethyl adjacent to an activating group) is 1. The highest BCUT2D eigenvalue weighted by molar-refractivity contribution is 6.31. The van der Waals surface area contributed by atoms with Gasteiger partial charge >= 0.3 is 0 Å². The minimum absolute atomic E-state index is 0.0370. The highest BCUT2D eigenvalue weighted by Crippen LogP contribution is 2.27. The second-order valence-corrected chi connectivity index (χ2v) is 5.10. The highest BCUT2D eigenvalue weighted by Gasteiger charge is 2.15. The molecule has 0 radical (unpaired) electrons. The predicted octanol–water partition coefficient (Wildman–Crippen LogP) is 4.16. The van der Waals surface area contributed by atoms with Gasteiger partial charge in [-0.05, 0) is 42.8 Å². The molecule has 1 nitrogen and oxygen atoms in total. The van der Waals surface area contributed by atoms with Crippen molar-refractivity contribution in [1.29, 1.82) is 0 Å². The minimum atomic E-state index is -0.424. The Labute approximate surface area is 122 Å². The van der Waals surface area contributed by atoms with Crippen molar-refractivity contribution >= 4 is 11.6 Å². The molecule has 0 aliphatic heterocycles. The molecule has 0 aromatic heterocycles. The van der Waals surface area contributed by atoms with E-state index < -0.39 is 5.82 Å². The first-order valence-electron chi connectivity index (χ1n) is 6.44. The first kappa shape index (κ1) is 14.9. The minimum Gasteiger partial charge on any atom is -0.319 e. The van der Waals surface area contributed by atoms with E-state index in [4.69, 9.17) is 11.6 Å². The van der Waals surface area contributed by atoms with Crippen LogP contribution in [0.1, 0.15) is 17.0 Å². The maximum Gasteiger partial charge on any atom is 0.142 e. The summed E-state index contributed by atoms with van der Waals surface area (Å²) in [7, 11) is 1.83. The first-order chi connectivity index (χ1) is 9.61. The van der Waals surface area contributed by atoms with E-state index in [0.29, 0.717) is 13.0 Å². The van der Waals surface area contributed by atoms with Crippen LogP contribution in [0.4, 0.5) is 8.78 Å². The molecule has 0 saturated carbocycles. The first-order valence-corrected chi connectivity index (χ1v) is 6.82. The van der Waals surface area contributed by atoms with Crippen molar-refractivity contribution in [2.45, 2.75) is 12.3 Å². The molecule has 0 saturated heterocycles. The molecular formula is C16H16ClF2N. The van der Waals surface area contributed by atoms with Gasteiger partial charge in [0.25, 0.3) is 0 Å². The Morgan fingerprint density at radius 2 is 1.90 bits per heavy atom. The van der Waals surface area contributed by atoms with Gasteiger partial charge in [-0.25, -0.2) is 8.78 Å². The molecule has 1 atom stereocenters. The van der Waals surface area contributed by atoms with E-state index in [1.54, 1.807) is 18.2 Å². The van der Waals surface area contributed by atoms with Gasteiger partial charge in [0.15, 0.2) is 0 Å². The second-order valence-electron chi connectivity index (χ2n) is 4.73. The summed E-state index contributed by atoms with van der Waals surface area (Å²) in [5.41, 5.74) is 1.61. The summed E-state index contributed by atoms with van der Waals surface area (Å²) in [4.78, 5) is 0. The lowest BCUT2D eigenvalue weighted by molar-refractivity contribution is 0.595. The third-order valence-corrected chi connectivity index (χ3v) is 3.69. The number of benzene rings is 2. The van der Waals surface area contributed by atoms with E-state index in [-0.39, 0.29) is 16.8 Å². The van der Waals surface area contributed by atoms with Crippen LogP contribution in [0.2, 0.25) is 5.02 Å². The number of halogens is 3. The maximum absolute atomic E-state index is 13.5. The van der Waals surface area contributed by atoms with Crippen molar-refractivity contribution < 1.29 is 8.78 Å². The van der Waals surface area contributed by atoms with Crippen molar-refractivity contribution in [3.05, 3.63) is 70.2 Å². The largest absolute Gasteiger partial charge is 0.319 e.